The van der Waals surface area contributed by atoms with Crippen molar-refractivity contribution in [3.63, 3.8) is 0 Å². The number of hydrogen-bond acceptors (Lipinski definition) is 6. The zero-order chi connectivity index (χ0) is 19.9. The summed E-state index contributed by atoms with van der Waals surface area (Å²) >= 11 is 0. The summed E-state index contributed by atoms with van der Waals surface area (Å²) in [5, 5.41) is 3.23. The van der Waals surface area contributed by atoms with E-state index in [0.29, 0.717) is 44.2 Å². The van der Waals surface area contributed by atoms with Gasteiger partial charge in [-0.15, -0.1) is 0 Å². The molecule has 0 atom stereocenters. The number of amides is 2. The van der Waals surface area contributed by atoms with E-state index in [1.165, 1.54) is 6.33 Å². The van der Waals surface area contributed by atoms with Gasteiger partial charge in [0.15, 0.2) is 0 Å². The van der Waals surface area contributed by atoms with Gasteiger partial charge in [-0.2, -0.15) is 0 Å². The highest BCUT2D eigenvalue weighted by Crippen LogP contribution is 2.18. The molecule has 8 nitrogen and oxygen atoms in total. The summed E-state index contributed by atoms with van der Waals surface area (Å²) in [6.07, 6.45) is 2.16. The Hall–Kier alpha value is -3.16. The highest BCUT2D eigenvalue weighted by molar-refractivity contribution is 5.93. The van der Waals surface area contributed by atoms with E-state index in [0.717, 1.165) is 17.7 Å². The minimum Gasteiger partial charge on any atom is -0.496 e. The van der Waals surface area contributed by atoms with Crippen LogP contribution < -0.4 is 10.1 Å². The lowest BCUT2D eigenvalue weighted by molar-refractivity contribution is -0.130. The van der Waals surface area contributed by atoms with Gasteiger partial charge < -0.3 is 19.9 Å². The predicted octanol–water partition coefficient (Wildman–Crippen LogP) is 1.44. The van der Waals surface area contributed by atoms with Crippen LogP contribution in [-0.4, -0.2) is 71.4 Å². The molecule has 0 unspecified atom stereocenters. The van der Waals surface area contributed by atoms with Crippen LogP contribution in [0.1, 0.15) is 23.0 Å². The smallest absolute Gasteiger partial charge is 0.272 e. The summed E-state index contributed by atoms with van der Waals surface area (Å²) in [7, 11) is 1.66. The fourth-order valence-electron chi connectivity index (χ4n) is 3.19. The maximum atomic E-state index is 12.7. The number of nitrogens with one attached hydrogen (secondary N) is 1. The quantitative estimate of drug-likeness (QED) is 0.812. The Balaban J connectivity index is 1.56. The molecule has 1 aromatic heterocycles. The van der Waals surface area contributed by atoms with Crippen LogP contribution in [0.15, 0.2) is 36.7 Å². The SMILES string of the molecule is COc1ccccc1CCNc1cc(C(=O)N2CCN(C(C)=O)CC2)ncn1. The maximum Gasteiger partial charge on any atom is 0.272 e. The fraction of sp³-hybridized carbons (Fsp3) is 0.400. The van der Waals surface area contributed by atoms with Crippen molar-refractivity contribution < 1.29 is 14.3 Å². The molecule has 1 saturated heterocycles. The number of ether oxygens (including phenoxy) is 1. The van der Waals surface area contributed by atoms with Crippen molar-refractivity contribution in [2.75, 3.05) is 45.2 Å². The van der Waals surface area contributed by atoms with Crippen LogP contribution in [0.2, 0.25) is 0 Å². The zero-order valence-corrected chi connectivity index (χ0v) is 16.2. The van der Waals surface area contributed by atoms with Crippen molar-refractivity contribution >= 4 is 17.6 Å². The van der Waals surface area contributed by atoms with Crippen LogP contribution >= 0.6 is 0 Å². The normalized spacial score (nSPS) is 13.9. The first kappa shape index (κ1) is 19.6. The summed E-state index contributed by atoms with van der Waals surface area (Å²) in [5.74, 6) is 1.36. The summed E-state index contributed by atoms with van der Waals surface area (Å²) in [6.45, 7) is 4.33. The lowest BCUT2D eigenvalue weighted by atomic mass is 10.1. The molecule has 1 aliphatic heterocycles. The highest BCUT2D eigenvalue weighted by Gasteiger charge is 2.24. The molecule has 2 amide bonds. The van der Waals surface area contributed by atoms with Crippen LogP contribution in [0, 0.1) is 0 Å². The topological polar surface area (TPSA) is 87.7 Å². The number of rotatable bonds is 6. The number of anilines is 1. The number of aromatic nitrogens is 2. The van der Waals surface area contributed by atoms with Gasteiger partial charge in [-0.25, -0.2) is 9.97 Å². The Labute approximate surface area is 164 Å². The molecule has 3 rings (SSSR count). The van der Waals surface area contributed by atoms with Crippen LogP contribution in [0.4, 0.5) is 5.82 Å². The average molecular weight is 383 g/mol. The summed E-state index contributed by atoms with van der Waals surface area (Å²) in [4.78, 5) is 35.9. The molecule has 1 fully saturated rings. The van der Waals surface area contributed by atoms with Crippen molar-refractivity contribution in [1.82, 2.24) is 19.8 Å². The molecule has 1 aromatic carbocycles. The van der Waals surface area contributed by atoms with Gasteiger partial charge in [-0.1, -0.05) is 18.2 Å². The first-order valence-electron chi connectivity index (χ1n) is 9.31. The van der Waals surface area contributed by atoms with Gasteiger partial charge in [-0.3, -0.25) is 9.59 Å². The monoisotopic (exact) mass is 383 g/mol. The third kappa shape index (κ3) is 4.76. The Bertz CT molecular complexity index is 834. The standard InChI is InChI=1S/C20H25N5O3/c1-15(26)24-9-11-25(12-10-24)20(27)17-13-19(23-14-22-17)21-8-7-16-5-3-4-6-18(16)28-2/h3-6,13-14H,7-12H2,1-2H3,(H,21,22,23). The van der Waals surface area contributed by atoms with E-state index in [1.54, 1.807) is 29.9 Å². The molecule has 1 aliphatic rings. The van der Waals surface area contributed by atoms with Gasteiger partial charge in [0.2, 0.25) is 5.91 Å². The van der Waals surface area contributed by atoms with Crippen molar-refractivity contribution in [2.24, 2.45) is 0 Å². The molecule has 0 saturated carbocycles. The molecule has 0 aliphatic carbocycles. The maximum absolute atomic E-state index is 12.7. The molecule has 28 heavy (non-hydrogen) atoms. The van der Waals surface area contributed by atoms with E-state index in [1.807, 2.05) is 24.3 Å². The van der Waals surface area contributed by atoms with E-state index >= 15 is 0 Å². The minimum atomic E-state index is -0.140. The highest BCUT2D eigenvalue weighted by atomic mass is 16.5. The van der Waals surface area contributed by atoms with Crippen molar-refractivity contribution in [3.05, 3.63) is 47.9 Å². The first-order valence-corrected chi connectivity index (χ1v) is 9.31. The lowest BCUT2D eigenvalue weighted by Gasteiger charge is -2.34. The Morgan fingerprint density at radius 2 is 1.82 bits per heavy atom. The van der Waals surface area contributed by atoms with Crippen molar-refractivity contribution in [2.45, 2.75) is 13.3 Å². The van der Waals surface area contributed by atoms with Gasteiger partial charge in [-0.05, 0) is 18.1 Å². The number of hydrogen-bond donors (Lipinski definition) is 1. The van der Waals surface area contributed by atoms with E-state index in [9.17, 15) is 9.59 Å². The average Bonchev–Trinajstić information content (AvgIpc) is 2.74. The van der Waals surface area contributed by atoms with E-state index in [4.69, 9.17) is 4.74 Å². The van der Waals surface area contributed by atoms with Crippen LogP contribution in [-0.2, 0) is 11.2 Å². The van der Waals surface area contributed by atoms with Gasteiger partial charge in [0.1, 0.15) is 23.6 Å². The Morgan fingerprint density at radius 1 is 1.11 bits per heavy atom. The molecule has 8 heteroatoms. The molecule has 1 N–H and O–H groups in total. The number of benzene rings is 1. The number of carbonyl (C=O) groups excluding carboxylic acids is 2. The van der Waals surface area contributed by atoms with Crippen molar-refractivity contribution in [1.29, 1.82) is 0 Å². The number of carbonyl (C=O) groups is 2. The molecule has 0 spiro atoms. The van der Waals surface area contributed by atoms with Crippen LogP contribution in [0.5, 0.6) is 5.75 Å². The Morgan fingerprint density at radius 3 is 2.54 bits per heavy atom. The largest absolute Gasteiger partial charge is 0.496 e. The van der Waals surface area contributed by atoms with E-state index in [-0.39, 0.29) is 11.8 Å². The van der Waals surface area contributed by atoms with Crippen LogP contribution in [0.3, 0.4) is 0 Å². The van der Waals surface area contributed by atoms with Gasteiger partial charge in [0.25, 0.3) is 5.91 Å². The second kappa shape index (κ2) is 9.16. The molecular weight excluding hydrogens is 358 g/mol. The summed E-state index contributed by atoms with van der Waals surface area (Å²) in [6, 6.07) is 9.54. The molecule has 148 valence electrons. The molecule has 0 bridgehead atoms. The lowest BCUT2D eigenvalue weighted by Crippen LogP contribution is -2.50. The first-order chi connectivity index (χ1) is 13.6. The molecule has 0 radical (unpaired) electrons. The van der Waals surface area contributed by atoms with Gasteiger partial charge >= 0.3 is 0 Å². The number of para-hydroxylation sites is 1. The van der Waals surface area contributed by atoms with Crippen molar-refractivity contribution in [3.8, 4) is 5.75 Å². The Kier molecular flexibility index (Phi) is 6.41. The summed E-state index contributed by atoms with van der Waals surface area (Å²) in [5.41, 5.74) is 1.46. The van der Waals surface area contributed by atoms with E-state index in [2.05, 4.69) is 15.3 Å². The molecule has 2 aromatic rings. The molecular formula is C20H25N5O3. The second-order valence-corrected chi connectivity index (χ2v) is 6.58. The van der Waals surface area contributed by atoms with Gasteiger partial charge in [0, 0.05) is 45.7 Å². The van der Waals surface area contributed by atoms with Gasteiger partial charge in [0.05, 0.1) is 7.11 Å². The third-order valence-corrected chi connectivity index (χ3v) is 4.79. The number of nitrogens with zero attached hydrogens (tertiary/aromatic N) is 4. The van der Waals surface area contributed by atoms with Crippen LogP contribution in [0.25, 0.3) is 0 Å². The predicted molar refractivity (Wildman–Crippen MR) is 105 cm³/mol. The third-order valence-electron chi connectivity index (χ3n) is 4.79. The fourth-order valence-corrected chi connectivity index (χ4v) is 3.19. The summed E-state index contributed by atoms with van der Waals surface area (Å²) < 4.78 is 5.36. The number of methoxy groups -OCH3 is 1. The second-order valence-electron chi connectivity index (χ2n) is 6.58. The minimum absolute atomic E-state index is 0.0377. The molecule has 2 heterocycles. The number of piperazine rings is 1. The van der Waals surface area contributed by atoms with E-state index < -0.39 is 0 Å². The zero-order valence-electron chi connectivity index (χ0n) is 16.2.